The molecule has 0 radical (unpaired) electrons. The molecule has 0 aliphatic heterocycles. The van der Waals surface area contributed by atoms with Crippen LogP contribution in [0.25, 0.3) is 11.0 Å². The first-order chi connectivity index (χ1) is 10.3. The third-order valence-electron chi connectivity index (χ3n) is 3.60. The number of halogens is 1. The number of H-pyrrole nitrogens is 1. The van der Waals surface area contributed by atoms with Crippen LogP contribution in [-0.4, -0.2) is 27.6 Å². The highest BCUT2D eigenvalue weighted by Gasteiger charge is 2.23. The van der Waals surface area contributed by atoms with Crippen molar-refractivity contribution in [2.45, 2.75) is 33.2 Å². The number of hydrogen-bond acceptors (Lipinski definition) is 5. The third-order valence-corrected chi connectivity index (χ3v) is 4.36. The molecule has 0 amide bonds. The fourth-order valence-electron chi connectivity index (χ4n) is 2.26. The number of nitrogens with one attached hydrogen (secondary N) is 1. The number of aromatic nitrogens is 3. The fraction of sp³-hybridized carbons (Fsp3) is 0.429. The first-order valence-corrected chi connectivity index (χ1v) is 7.55. The lowest BCUT2D eigenvalue weighted by Gasteiger charge is -2.18. The van der Waals surface area contributed by atoms with Crippen LogP contribution in [0.4, 0.5) is 0 Å². The molecule has 0 unspecified atom stereocenters. The van der Waals surface area contributed by atoms with E-state index in [1.807, 2.05) is 13.8 Å². The Morgan fingerprint density at radius 2 is 2.18 bits per heavy atom. The number of carbonyl (C=O) groups excluding carboxylic acids is 1. The number of esters is 1. The minimum absolute atomic E-state index is 0.00502. The van der Waals surface area contributed by atoms with E-state index in [1.54, 1.807) is 11.5 Å². The van der Waals surface area contributed by atoms with E-state index in [2.05, 4.69) is 9.97 Å². The van der Waals surface area contributed by atoms with Gasteiger partial charge in [0.25, 0.3) is 5.56 Å². The Morgan fingerprint density at radius 1 is 1.55 bits per heavy atom. The van der Waals surface area contributed by atoms with E-state index in [0.717, 1.165) is 6.42 Å². The van der Waals surface area contributed by atoms with Crippen LogP contribution in [0.5, 0.6) is 0 Å². The lowest BCUT2D eigenvalue weighted by Crippen LogP contribution is -2.21. The van der Waals surface area contributed by atoms with Crippen molar-refractivity contribution in [1.29, 1.82) is 0 Å². The van der Waals surface area contributed by atoms with Crippen molar-refractivity contribution in [3.8, 4) is 0 Å². The molecule has 0 spiro atoms. The summed E-state index contributed by atoms with van der Waals surface area (Å²) in [6.45, 7) is 5.61. The van der Waals surface area contributed by atoms with E-state index < -0.39 is 11.5 Å². The van der Waals surface area contributed by atoms with Gasteiger partial charge in [-0.1, -0.05) is 18.5 Å². The first kappa shape index (κ1) is 16.6. The van der Waals surface area contributed by atoms with Crippen LogP contribution in [0.3, 0.4) is 0 Å². The van der Waals surface area contributed by atoms with E-state index in [9.17, 15) is 9.59 Å². The molecule has 2 rings (SSSR count). The Bertz CT molecular complexity index is 872. The van der Waals surface area contributed by atoms with E-state index in [-0.39, 0.29) is 26.8 Å². The van der Waals surface area contributed by atoms with Gasteiger partial charge in [0.1, 0.15) is 5.65 Å². The van der Waals surface area contributed by atoms with Crippen molar-refractivity contribution in [3.63, 3.8) is 0 Å². The standard InChI is InChI=1S/C14H16ClN3O3S/c1-5-6(2)18-11-9(12(19)17-14(18)22)8(13(20)21-4)10(15)7(3)16-11/h6H,5H2,1-4H3,(H,17,19,22)/t6-/m1/s1. The number of ether oxygens (including phenoxy) is 1. The van der Waals surface area contributed by atoms with Gasteiger partial charge in [-0.05, 0) is 32.5 Å². The topological polar surface area (TPSA) is 77.0 Å². The molecule has 0 saturated heterocycles. The summed E-state index contributed by atoms with van der Waals surface area (Å²) in [6.07, 6.45) is 0.784. The fourth-order valence-corrected chi connectivity index (χ4v) is 2.83. The molecular weight excluding hydrogens is 326 g/mol. The predicted octanol–water partition coefficient (Wildman–Crippen LogP) is 3.17. The number of carbonyl (C=O) groups is 1. The van der Waals surface area contributed by atoms with Crippen molar-refractivity contribution in [2.75, 3.05) is 7.11 Å². The molecule has 2 heterocycles. The van der Waals surface area contributed by atoms with Crippen molar-refractivity contribution in [3.05, 3.63) is 31.4 Å². The molecule has 2 aromatic rings. The maximum absolute atomic E-state index is 12.3. The maximum Gasteiger partial charge on any atom is 0.340 e. The largest absolute Gasteiger partial charge is 0.465 e. The van der Waals surface area contributed by atoms with Crippen LogP contribution in [0.1, 0.15) is 42.4 Å². The molecule has 0 saturated carbocycles. The van der Waals surface area contributed by atoms with Crippen LogP contribution in [0.2, 0.25) is 5.02 Å². The van der Waals surface area contributed by atoms with Gasteiger partial charge in [-0.2, -0.15) is 0 Å². The second-order valence-corrected chi connectivity index (χ2v) is 5.73. The first-order valence-electron chi connectivity index (χ1n) is 6.76. The van der Waals surface area contributed by atoms with Gasteiger partial charge in [-0.15, -0.1) is 0 Å². The highest BCUT2D eigenvalue weighted by atomic mass is 35.5. The van der Waals surface area contributed by atoms with Crippen LogP contribution < -0.4 is 5.56 Å². The zero-order valence-electron chi connectivity index (χ0n) is 12.7. The van der Waals surface area contributed by atoms with Crippen molar-refractivity contribution in [1.82, 2.24) is 14.5 Å². The predicted molar refractivity (Wildman–Crippen MR) is 87.3 cm³/mol. The zero-order valence-corrected chi connectivity index (χ0v) is 14.3. The number of hydrogen-bond donors (Lipinski definition) is 1. The summed E-state index contributed by atoms with van der Waals surface area (Å²) >= 11 is 11.4. The smallest absolute Gasteiger partial charge is 0.340 e. The molecular formula is C14H16ClN3O3S. The van der Waals surface area contributed by atoms with E-state index in [0.29, 0.717) is 11.3 Å². The highest BCUT2D eigenvalue weighted by Crippen LogP contribution is 2.27. The number of aromatic amines is 1. The van der Waals surface area contributed by atoms with Crippen molar-refractivity contribution in [2.24, 2.45) is 0 Å². The molecule has 22 heavy (non-hydrogen) atoms. The molecule has 2 aromatic heterocycles. The Kier molecular flexibility index (Phi) is 4.67. The monoisotopic (exact) mass is 341 g/mol. The van der Waals surface area contributed by atoms with Gasteiger partial charge >= 0.3 is 5.97 Å². The van der Waals surface area contributed by atoms with Crippen LogP contribution in [0, 0.1) is 11.7 Å². The van der Waals surface area contributed by atoms with Gasteiger partial charge in [0.15, 0.2) is 4.77 Å². The second-order valence-electron chi connectivity index (χ2n) is 4.96. The number of aryl methyl sites for hydroxylation is 1. The summed E-state index contributed by atoms with van der Waals surface area (Å²) < 4.78 is 6.74. The lowest BCUT2D eigenvalue weighted by atomic mass is 10.1. The Hall–Kier alpha value is -1.73. The van der Waals surface area contributed by atoms with Gasteiger partial charge < -0.3 is 4.74 Å². The van der Waals surface area contributed by atoms with Gasteiger partial charge in [0.05, 0.1) is 28.8 Å². The Balaban J connectivity index is 3.11. The third kappa shape index (κ3) is 2.55. The SMILES string of the molecule is CC[C@@H](C)n1c(=S)[nH]c(=O)c2c(C(=O)OC)c(Cl)c(C)nc21. The molecule has 0 aliphatic carbocycles. The summed E-state index contributed by atoms with van der Waals surface area (Å²) in [5.41, 5.74) is 0.284. The van der Waals surface area contributed by atoms with Gasteiger partial charge in [0.2, 0.25) is 0 Å². The normalized spacial score (nSPS) is 12.4. The summed E-state index contributed by atoms with van der Waals surface area (Å²) in [5, 5.41) is 0.203. The molecule has 1 N–H and O–H groups in total. The number of nitrogens with zero attached hydrogens (tertiary/aromatic N) is 2. The summed E-state index contributed by atoms with van der Waals surface area (Å²) in [4.78, 5) is 31.3. The molecule has 6 nitrogen and oxygen atoms in total. The van der Waals surface area contributed by atoms with Crippen LogP contribution >= 0.6 is 23.8 Å². The Labute approximate surface area is 137 Å². The van der Waals surface area contributed by atoms with E-state index in [4.69, 9.17) is 28.6 Å². The van der Waals surface area contributed by atoms with Gasteiger partial charge in [-0.25, -0.2) is 9.78 Å². The highest BCUT2D eigenvalue weighted by molar-refractivity contribution is 7.71. The summed E-state index contributed by atoms with van der Waals surface area (Å²) in [5.74, 6) is -0.682. The number of methoxy groups -OCH3 is 1. The molecule has 118 valence electrons. The van der Waals surface area contributed by atoms with E-state index >= 15 is 0 Å². The molecule has 0 aromatic carbocycles. The van der Waals surface area contributed by atoms with Crippen LogP contribution in [-0.2, 0) is 4.74 Å². The molecule has 1 atom stereocenters. The maximum atomic E-state index is 12.3. The quantitative estimate of drug-likeness (QED) is 0.685. The van der Waals surface area contributed by atoms with Crippen molar-refractivity contribution < 1.29 is 9.53 Å². The summed E-state index contributed by atoms with van der Waals surface area (Å²) in [6, 6.07) is 0.00502. The number of rotatable bonds is 3. The molecule has 0 aliphatic rings. The van der Waals surface area contributed by atoms with Crippen LogP contribution in [0.15, 0.2) is 4.79 Å². The van der Waals surface area contributed by atoms with Gasteiger partial charge in [-0.3, -0.25) is 14.3 Å². The number of pyridine rings is 1. The molecule has 0 fully saturated rings. The average molecular weight is 342 g/mol. The second kappa shape index (κ2) is 6.18. The minimum Gasteiger partial charge on any atom is -0.465 e. The molecule has 0 bridgehead atoms. The Morgan fingerprint density at radius 3 is 2.73 bits per heavy atom. The number of fused-ring (bicyclic) bond motifs is 1. The minimum atomic E-state index is -0.682. The van der Waals surface area contributed by atoms with Gasteiger partial charge in [0, 0.05) is 6.04 Å². The lowest BCUT2D eigenvalue weighted by molar-refractivity contribution is 0.0603. The summed E-state index contributed by atoms with van der Waals surface area (Å²) in [7, 11) is 1.23. The van der Waals surface area contributed by atoms with E-state index in [1.165, 1.54) is 7.11 Å². The average Bonchev–Trinajstić information content (AvgIpc) is 2.48. The van der Waals surface area contributed by atoms with Crippen molar-refractivity contribution >= 4 is 40.8 Å². The molecule has 8 heteroatoms. The zero-order chi connectivity index (χ0) is 16.6.